The molecule has 1 spiro atoms. The fraction of sp³-hybridized carbons (Fsp3) is 0.179. The van der Waals surface area contributed by atoms with Gasteiger partial charge in [0.1, 0.15) is 11.2 Å². The first-order valence-electron chi connectivity index (χ1n) is 11.5. The molecular weight excluding hydrogens is 463 g/mol. The second-order valence-electron chi connectivity index (χ2n) is 9.37. The Morgan fingerprint density at radius 1 is 1.00 bits per heavy atom. The Labute approximate surface area is 205 Å². The van der Waals surface area contributed by atoms with Crippen molar-refractivity contribution < 1.29 is 23.7 Å². The first-order valence-corrected chi connectivity index (χ1v) is 11.5. The van der Waals surface area contributed by atoms with Crippen molar-refractivity contribution in [3.05, 3.63) is 111 Å². The fourth-order valence-corrected chi connectivity index (χ4v) is 6.28. The number of hydrogen-bond donors (Lipinski definition) is 0. The molecule has 3 atom stereocenters. The van der Waals surface area contributed by atoms with Gasteiger partial charge in [-0.05, 0) is 30.7 Å². The molecule has 0 amide bonds. The van der Waals surface area contributed by atoms with Crippen molar-refractivity contribution in [1.29, 1.82) is 0 Å². The maximum atomic E-state index is 14.2. The average Bonchev–Trinajstić information content (AvgIpc) is 3.30. The van der Waals surface area contributed by atoms with Crippen LogP contribution < -0.4 is 4.90 Å². The Hall–Kier alpha value is -4.46. The molecule has 36 heavy (non-hydrogen) atoms. The number of rotatable bonds is 3. The lowest BCUT2D eigenvalue weighted by Gasteiger charge is -2.37. The molecule has 0 bridgehead atoms. The number of Topliss-reactive ketones (excluding diaryl/α,β-unsaturated/α-hetero) is 3. The molecule has 2 aliphatic heterocycles. The summed E-state index contributed by atoms with van der Waals surface area (Å²) in [6.07, 6.45) is 3.38. The Bertz CT molecular complexity index is 1490. The van der Waals surface area contributed by atoms with Crippen LogP contribution in [0, 0.1) is 21.3 Å². The zero-order chi connectivity index (χ0) is 25.4. The van der Waals surface area contributed by atoms with Gasteiger partial charge in [0.05, 0.1) is 17.0 Å². The van der Waals surface area contributed by atoms with Crippen molar-refractivity contribution in [2.45, 2.75) is 24.9 Å². The van der Waals surface area contributed by atoms with Crippen LogP contribution in [0.1, 0.15) is 44.7 Å². The predicted octanol–water partition coefficient (Wildman–Crippen LogP) is 4.76. The summed E-state index contributed by atoms with van der Waals surface area (Å²) < 4.78 is 14.1. The summed E-state index contributed by atoms with van der Waals surface area (Å²) in [6.45, 7) is 1.40. The average molecular weight is 482 g/mol. The quantitative estimate of drug-likeness (QED) is 0.303. The van der Waals surface area contributed by atoms with Crippen LogP contribution in [0.5, 0.6) is 0 Å². The summed E-state index contributed by atoms with van der Waals surface area (Å²) in [5.74, 6) is -2.42. The number of fused-ring (bicyclic) bond motifs is 5. The molecule has 178 valence electrons. The van der Waals surface area contributed by atoms with E-state index in [0.29, 0.717) is 16.8 Å². The predicted molar refractivity (Wildman–Crippen MR) is 130 cm³/mol. The number of nitrogens with zero attached hydrogens (tertiary/aromatic N) is 2. The first kappa shape index (κ1) is 22.0. The molecular formula is C28H19FN2O5. The van der Waals surface area contributed by atoms with E-state index in [1.165, 1.54) is 43.3 Å². The third-order valence-electron chi connectivity index (χ3n) is 7.65. The number of hydrogen-bond acceptors (Lipinski definition) is 6. The molecule has 8 heteroatoms. The van der Waals surface area contributed by atoms with Gasteiger partial charge < -0.3 is 4.90 Å². The van der Waals surface area contributed by atoms with Crippen LogP contribution >= 0.6 is 0 Å². The molecule has 0 radical (unpaired) electrons. The van der Waals surface area contributed by atoms with E-state index in [1.807, 2.05) is 0 Å². The van der Waals surface area contributed by atoms with Gasteiger partial charge in [0.25, 0.3) is 5.69 Å². The van der Waals surface area contributed by atoms with Crippen LogP contribution in [0.15, 0.2) is 72.8 Å². The minimum atomic E-state index is -1.67. The molecule has 0 N–H and O–H groups in total. The van der Waals surface area contributed by atoms with Crippen LogP contribution in [0.2, 0.25) is 0 Å². The van der Waals surface area contributed by atoms with Gasteiger partial charge in [-0.15, -0.1) is 0 Å². The summed E-state index contributed by atoms with van der Waals surface area (Å²) >= 11 is 0. The van der Waals surface area contributed by atoms with Crippen molar-refractivity contribution in [3.63, 3.8) is 0 Å². The van der Waals surface area contributed by atoms with Gasteiger partial charge in [0, 0.05) is 40.4 Å². The Morgan fingerprint density at radius 2 is 1.64 bits per heavy atom. The van der Waals surface area contributed by atoms with E-state index < -0.39 is 34.2 Å². The van der Waals surface area contributed by atoms with E-state index in [-0.39, 0.29) is 34.2 Å². The van der Waals surface area contributed by atoms with Crippen molar-refractivity contribution in [2.75, 3.05) is 4.90 Å². The van der Waals surface area contributed by atoms with Crippen LogP contribution in [0.25, 0.3) is 6.08 Å². The van der Waals surface area contributed by atoms with Gasteiger partial charge in [0.15, 0.2) is 17.3 Å². The number of anilines is 1. The van der Waals surface area contributed by atoms with Crippen LogP contribution in [0.4, 0.5) is 15.8 Å². The maximum Gasteiger partial charge on any atom is 0.269 e. The minimum absolute atomic E-state index is 0.143. The monoisotopic (exact) mass is 482 g/mol. The SMILES string of the molecule is CC(=O)[C@@H]1[C@H](c2ccc([N+](=O)[O-])cc2)C2(C(=O)c3ccccc3C2=O)[C@@H]2C=Cc3cc(F)ccc3N12. The Balaban J connectivity index is 1.66. The number of carbonyl (C=O) groups is 3. The summed E-state index contributed by atoms with van der Waals surface area (Å²) in [7, 11) is 0. The van der Waals surface area contributed by atoms with Gasteiger partial charge >= 0.3 is 0 Å². The summed E-state index contributed by atoms with van der Waals surface area (Å²) in [6, 6.07) is 14.7. The highest BCUT2D eigenvalue weighted by Crippen LogP contribution is 2.60. The van der Waals surface area contributed by atoms with Crippen molar-refractivity contribution in [2.24, 2.45) is 5.41 Å². The molecule has 1 aliphatic carbocycles. The van der Waals surface area contributed by atoms with E-state index in [9.17, 15) is 28.9 Å². The highest BCUT2D eigenvalue weighted by Gasteiger charge is 2.71. The normalized spacial score (nSPS) is 22.9. The van der Waals surface area contributed by atoms with Crippen molar-refractivity contribution in [3.8, 4) is 0 Å². The lowest BCUT2D eigenvalue weighted by molar-refractivity contribution is -0.384. The molecule has 3 aromatic carbocycles. The number of nitro benzene ring substituents is 1. The highest BCUT2D eigenvalue weighted by molar-refractivity contribution is 6.32. The fourth-order valence-electron chi connectivity index (χ4n) is 6.28. The smallest absolute Gasteiger partial charge is 0.269 e. The van der Waals surface area contributed by atoms with Crippen molar-refractivity contribution >= 4 is 34.8 Å². The van der Waals surface area contributed by atoms with E-state index in [2.05, 4.69) is 0 Å². The standard InChI is InChI=1S/C28H19FN2O5/c1-15(32)25-24(16-6-10-19(11-7-16)31(35)36)28(26(33)20-4-2-3-5-21(20)27(28)34)23-13-8-17-14-18(29)9-12-22(17)30(23)25/h2-14,23-25H,1H3/t23-,24-,25+/m0/s1. The molecule has 2 heterocycles. The second-order valence-corrected chi connectivity index (χ2v) is 9.37. The van der Waals surface area contributed by atoms with Crippen LogP contribution in [0.3, 0.4) is 0 Å². The number of carbonyl (C=O) groups excluding carboxylic acids is 3. The molecule has 1 saturated heterocycles. The molecule has 3 aromatic rings. The van der Waals surface area contributed by atoms with Gasteiger partial charge in [-0.3, -0.25) is 24.5 Å². The molecule has 1 fully saturated rings. The number of nitro groups is 1. The van der Waals surface area contributed by atoms with Crippen molar-refractivity contribution in [1.82, 2.24) is 0 Å². The second kappa shape index (κ2) is 7.52. The number of benzene rings is 3. The maximum absolute atomic E-state index is 14.2. The van der Waals surface area contributed by atoms with E-state index in [1.54, 1.807) is 47.4 Å². The largest absolute Gasteiger partial charge is 0.352 e. The molecule has 0 saturated carbocycles. The minimum Gasteiger partial charge on any atom is -0.352 e. The van der Waals surface area contributed by atoms with Gasteiger partial charge in [-0.2, -0.15) is 0 Å². The molecule has 0 unspecified atom stereocenters. The van der Waals surface area contributed by atoms with Gasteiger partial charge in [0.2, 0.25) is 0 Å². The van der Waals surface area contributed by atoms with Crippen LogP contribution in [-0.2, 0) is 4.79 Å². The van der Waals surface area contributed by atoms with E-state index >= 15 is 0 Å². The number of halogens is 1. The Morgan fingerprint density at radius 3 is 2.22 bits per heavy atom. The zero-order valence-corrected chi connectivity index (χ0v) is 19.1. The number of ketones is 3. The van der Waals surface area contributed by atoms with E-state index in [0.717, 1.165) is 0 Å². The van der Waals surface area contributed by atoms with Gasteiger partial charge in [-0.25, -0.2) is 4.39 Å². The molecule has 6 rings (SSSR count). The topological polar surface area (TPSA) is 97.6 Å². The summed E-state index contributed by atoms with van der Waals surface area (Å²) in [4.78, 5) is 54.2. The molecule has 0 aromatic heterocycles. The third-order valence-corrected chi connectivity index (χ3v) is 7.65. The highest BCUT2D eigenvalue weighted by atomic mass is 19.1. The van der Waals surface area contributed by atoms with E-state index in [4.69, 9.17) is 0 Å². The molecule has 7 nitrogen and oxygen atoms in total. The van der Waals surface area contributed by atoms with Gasteiger partial charge in [-0.1, -0.05) is 48.6 Å². The lowest BCUT2D eigenvalue weighted by atomic mass is 9.64. The third kappa shape index (κ3) is 2.69. The summed E-state index contributed by atoms with van der Waals surface area (Å²) in [5, 5.41) is 11.3. The van der Waals surface area contributed by atoms with Crippen LogP contribution in [-0.4, -0.2) is 34.4 Å². The zero-order valence-electron chi connectivity index (χ0n) is 19.1. The Kier molecular flexibility index (Phi) is 4.60. The first-order chi connectivity index (χ1) is 17.3. The summed E-state index contributed by atoms with van der Waals surface area (Å²) in [5.41, 5.74) is 0.321. The lowest BCUT2D eigenvalue weighted by Crippen LogP contribution is -2.48. The number of non-ortho nitro benzene ring substituents is 1. The molecule has 3 aliphatic rings.